The second-order valence-electron chi connectivity index (χ2n) is 3.84. The maximum atomic E-state index is 11.9. The number of hydrogen-bond acceptors (Lipinski definition) is 6. The molecular weight excluding hydrogens is 268 g/mol. The normalized spacial score (nSPS) is 16.3. The van der Waals surface area contributed by atoms with Gasteiger partial charge in [0.1, 0.15) is 5.75 Å². The molecule has 1 aliphatic rings. The van der Waals surface area contributed by atoms with Gasteiger partial charge in [-0.1, -0.05) is 18.2 Å². The maximum Gasteiger partial charge on any atom is 0.394 e. The highest BCUT2D eigenvalue weighted by molar-refractivity contribution is 8.14. The lowest BCUT2D eigenvalue weighted by atomic mass is 10.3. The van der Waals surface area contributed by atoms with Crippen LogP contribution in [0.4, 0.5) is 0 Å². The Labute approximate surface area is 114 Å². The van der Waals surface area contributed by atoms with E-state index >= 15 is 0 Å². The summed E-state index contributed by atoms with van der Waals surface area (Å²) >= 11 is 1.25. The first-order valence-electron chi connectivity index (χ1n) is 5.76. The number of nitro groups is 1. The first-order valence-corrected chi connectivity index (χ1v) is 6.74. The molecule has 1 aliphatic heterocycles. The molecule has 0 amide bonds. The Kier molecular flexibility index (Phi) is 4.51. The molecule has 0 spiro atoms. The van der Waals surface area contributed by atoms with Crippen LogP contribution in [-0.4, -0.2) is 34.3 Å². The van der Waals surface area contributed by atoms with Crippen molar-refractivity contribution in [1.82, 2.24) is 0 Å². The highest BCUT2D eigenvalue weighted by Crippen LogP contribution is 2.19. The van der Waals surface area contributed by atoms with Crippen LogP contribution in [0.3, 0.4) is 0 Å². The summed E-state index contributed by atoms with van der Waals surface area (Å²) in [6.45, 7) is 0.519. The summed E-state index contributed by atoms with van der Waals surface area (Å²) in [6, 6.07) is 6.78. The second-order valence-corrected chi connectivity index (χ2v) is 4.96. The van der Waals surface area contributed by atoms with Crippen molar-refractivity contribution in [3.05, 3.63) is 40.4 Å². The fraction of sp³-hybridized carbons (Fsp3) is 0.333. The van der Waals surface area contributed by atoms with Crippen LogP contribution in [0.25, 0.3) is 0 Å². The third-order valence-electron chi connectivity index (χ3n) is 2.45. The number of rotatable bonds is 4. The van der Waals surface area contributed by atoms with Gasteiger partial charge in [0.2, 0.25) is 0 Å². The van der Waals surface area contributed by atoms with Crippen molar-refractivity contribution in [2.75, 3.05) is 12.3 Å². The largest absolute Gasteiger partial charge is 0.421 e. The van der Waals surface area contributed by atoms with Gasteiger partial charge in [0.05, 0.1) is 0 Å². The minimum atomic E-state index is -1.52. The summed E-state index contributed by atoms with van der Waals surface area (Å²) in [6.07, 6.45) is 0.867. The molecule has 0 aliphatic carbocycles. The van der Waals surface area contributed by atoms with Crippen LogP contribution in [-0.2, 0) is 4.79 Å². The SMILES string of the molecule is O=C(Oc1ccccc1)C(C1=NCCCS1)[N+](=O)[O-]. The second kappa shape index (κ2) is 6.33. The van der Waals surface area contributed by atoms with Crippen LogP contribution in [0.2, 0.25) is 0 Å². The number of benzene rings is 1. The van der Waals surface area contributed by atoms with Gasteiger partial charge in [0.15, 0.2) is 5.04 Å². The predicted octanol–water partition coefficient (Wildman–Crippen LogP) is 1.77. The lowest BCUT2D eigenvalue weighted by Crippen LogP contribution is -2.40. The van der Waals surface area contributed by atoms with Gasteiger partial charge in [-0.05, 0) is 18.6 Å². The zero-order valence-electron chi connectivity index (χ0n) is 10.0. The number of ether oxygens (including phenoxy) is 1. The molecule has 0 saturated carbocycles. The van der Waals surface area contributed by atoms with E-state index in [1.54, 1.807) is 30.3 Å². The van der Waals surface area contributed by atoms with Crippen molar-refractivity contribution < 1.29 is 14.5 Å². The first-order chi connectivity index (χ1) is 9.18. The van der Waals surface area contributed by atoms with Crippen molar-refractivity contribution in [1.29, 1.82) is 0 Å². The van der Waals surface area contributed by atoms with Gasteiger partial charge in [0, 0.05) is 17.2 Å². The van der Waals surface area contributed by atoms with Crippen LogP contribution in [0.5, 0.6) is 5.75 Å². The fourth-order valence-corrected chi connectivity index (χ4v) is 2.58. The predicted molar refractivity (Wildman–Crippen MR) is 72.2 cm³/mol. The number of esters is 1. The van der Waals surface area contributed by atoms with E-state index in [0.29, 0.717) is 12.3 Å². The van der Waals surface area contributed by atoms with Crippen molar-refractivity contribution in [3.63, 3.8) is 0 Å². The summed E-state index contributed by atoms with van der Waals surface area (Å²) in [7, 11) is 0. The summed E-state index contributed by atoms with van der Waals surface area (Å²) in [5.41, 5.74) is 0. The molecule has 7 heteroatoms. The van der Waals surface area contributed by atoms with Crippen molar-refractivity contribution >= 4 is 22.8 Å². The van der Waals surface area contributed by atoms with Gasteiger partial charge in [-0.15, -0.1) is 11.8 Å². The Morgan fingerprint density at radius 2 is 2.16 bits per heavy atom. The van der Waals surface area contributed by atoms with Crippen molar-refractivity contribution in [2.24, 2.45) is 4.99 Å². The number of nitrogens with zero attached hydrogens (tertiary/aromatic N) is 2. The van der Waals surface area contributed by atoms with Crippen LogP contribution in [0.15, 0.2) is 35.3 Å². The lowest BCUT2D eigenvalue weighted by molar-refractivity contribution is -0.490. The minimum Gasteiger partial charge on any atom is -0.421 e. The Balaban J connectivity index is 2.13. The molecule has 19 heavy (non-hydrogen) atoms. The van der Waals surface area contributed by atoms with Crippen LogP contribution in [0.1, 0.15) is 6.42 Å². The molecule has 0 aromatic heterocycles. The van der Waals surface area contributed by atoms with Gasteiger partial charge in [0.25, 0.3) is 0 Å². The van der Waals surface area contributed by atoms with E-state index in [2.05, 4.69) is 4.99 Å². The topological polar surface area (TPSA) is 81.8 Å². The van der Waals surface area contributed by atoms with Crippen molar-refractivity contribution in [3.8, 4) is 5.75 Å². The van der Waals surface area contributed by atoms with Gasteiger partial charge < -0.3 is 4.74 Å². The van der Waals surface area contributed by atoms with Gasteiger partial charge in [-0.2, -0.15) is 0 Å². The molecule has 0 bridgehead atoms. The van der Waals surface area contributed by atoms with Crippen LogP contribution in [0, 0.1) is 10.1 Å². The van der Waals surface area contributed by atoms with E-state index in [4.69, 9.17) is 4.74 Å². The first kappa shape index (κ1) is 13.5. The molecule has 6 nitrogen and oxygen atoms in total. The standard InChI is InChI=1S/C12H12N2O4S/c15-12(18-9-5-2-1-3-6-9)10(14(16)17)11-13-7-4-8-19-11/h1-3,5-6,10H,4,7-8H2. The average Bonchev–Trinajstić information content (AvgIpc) is 2.40. The van der Waals surface area contributed by atoms with E-state index in [1.165, 1.54) is 11.8 Å². The Morgan fingerprint density at radius 1 is 1.42 bits per heavy atom. The third kappa shape index (κ3) is 3.54. The zero-order chi connectivity index (χ0) is 13.7. The highest BCUT2D eigenvalue weighted by atomic mass is 32.2. The van der Waals surface area contributed by atoms with E-state index in [9.17, 15) is 14.9 Å². The van der Waals surface area contributed by atoms with Crippen LogP contribution < -0.4 is 4.74 Å². The molecule has 1 unspecified atom stereocenters. The molecule has 1 atom stereocenters. The number of carbonyl (C=O) groups excluding carboxylic acids is 1. The monoisotopic (exact) mass is 280 g/mol. The van der Waals surface area contributed by atoms with E-state index in [1.807, 2.05) is 0 Å². The molecule has 1 heterocycles. The van der Waals surface area contributed by atoms with Gasteiger partial charge >= 0.3 is 12.0 Å². The molecule has 0 fully saturated rings. The van der Waals surface area contributed by atoms with E-state index < -0.39 is 16.9 Å². The molecule has 0 radical (unpaired) electrons. The number of para-hydroxylation sites is 1. The lowest BCUT2D eigenvalue weighted by Gasteiger charge is -2.14. The molecular formula is C12H12N2O4S. The van der Waals surface area contributed by atoms with Crippen LogP contribution >= 0.6 is 11.8 Å². The minimum absolute atomic E-state index is 0.234. The zero-order valence-corrected chi connectivity index (χ0v) is 10.8. The summed E-state index contributed by atoms with van der Waals surface area (Å²) in [4.78, 5) is 26.3. The van der Waals surface area contributed by atoms with E-state index in [0.717, 1.165) is 12.2 Å². The number of carbonyl (C=O) groups is 1. The summed E-state index contributed by atoms with van der Waals surface area (Å²) in [5, 5.41) is 11.3. The summed E-state index contributed by atoms with van der Waals surface area (Å²) in [5.74, 6) is 0.132. The number of thioether (sulfide) groups is 1. The molecule has 2 rings (SSSR count). The fourth-order valence-electron chi connectivity index (χ4n) is 1.58. The molecule has 1 aromatic carbocycles. The maximum absolute atomic E-state index is 11.9. The van der Waals surface area contributed by atoms with Crippen molar-refractivity contribution in [2.45, 2.75) is 12.5 Å². The quantitative estimate of drug-likeness (QED) is 0.363. The smallest absolute Gasteiger partial charge is 0.394 e. The molecule has 0 saturated heterocycles. The highest BCUT2D eigenvalue weighted by Gasteiger charge is 2.38. The summed E-state index contributed by atoms with van der Waals surface area (Å²) < 4.78 is 5.02. The number of hydrogen-bond donors (Lipinski definition) is 0. The Bertz CT molecular complexity index is 504. The Hall–Kier alpha value is -1.89. The average molecular weight is 280 g/mol. The molecule has 1 aromatic rings. The Morgan fingerprint density at radius 3 is 2.74 bits per heavy atom. The van der Waals surface area contributed by atoms with Gasteiger partial charge in [-0.3, -0.25) is 15.1 Å². The van der Waals surface area contributed by atoms with Gasteiger partial charge in [-0.25, -0.2) is 4.79 Å². The third-order valence-corrected chi connectivity index (χ3v) is 3.59. The number of aliphatic imine (C=N–C) groups is 1. The van der Waals surface area contributed by atoms with E-state index in [-0.39, 0.29) is 5.04 Å². The molecule has 0 N–H and O–H groups in total. The molecule has 100 valence electrons.